The molecule has 154 valence electrons. The van der Waals surface area contributed by atoms with Crippen LogP contribution in [0.2, 0.25) is 0 Å². The van der Waals surface area contributed by atoms with E-state index >= 15 is 0 Å². The fourth-order valence-corrected chi connectivity index (χ4v) is 4.56. The van der Waals surface area contributed by atoms with E-state index in [4.69, 9.17) is 9.47 Å². The Kier molecular flexibility index (Phi) is 6.38. The minimum Gasteiger partial charge on any atom is -0.497 e. The normalized spacial score (nSPS) is 14.4. The second-order valence-corrected chi connectivity index (χ2v) is 8.19. The highest BCUT2D eigenvalue weighted by Crippen LogP contribution is 2.29. The Labute approximate surface area is 169 Å². The zero-order chi connectivity index (χ0) is 20.9. The van der Waals surface area contributed by atoms with E-state index in [0.717, 1.165) is 10.1 Å². The summed E-state index contributed by atoms with van der Waals surface area (Å²) < 4.78 is 36.3. The highest BCUT2D eigenvalue weighted by atomic mass is 32.2. The van der Waals surface area contributed by atoms with Crippen LogP contribution in [0.5, 0.6) is 11.5 Å². The summed E-state index contributed by atoms with van der Waals surface area (Å²) >= 11 is 0. The summed E-state index contributed by atoms with van der Waals surface area (Å²) in [5.74, 6) is 0.614. The van der Waals surface area contributed by atoms with Gasteiger partial charge >= 0.3 is 0 Å². The topological polar surface area (TPSA) is 102 Å². The first-order valence-electron chi connectivity index (χ1n) is 9.13. The molecule has 0 aromatic heterocycles. The molecule has 0 atom stereocenters. The lowest BCUT2D eigenvalue weighted by atomic mass is 10.2. The maximum absolute atomic E-state index is 12.4. The van der Waals surface area contributed by atoms with Gasteiger partial charge in [0.1, 0.15) is 23.0 Å². The van der Waals surface area contributed by atoms with Crippen molar-refractivity contribution in [1.29, 1.82) is 0 Å². The fraction of sp³-hybridized carbons (Fsp3) is 0.300. The number of nitrogens with zero attached hydrogens (tertiary/aromatic N) is 1. The van der Waals surface area contributed by atoms with Gasteiger partial charge in [-0.15, -0.1) is 0 Å². The second kappa shape index (κ2) is 8.95. The predicted molar refractivity (Wildman–Crippen MR) is 105 cm³/mol. The molecule has 1 heterocycles. The fourth-order valence-electron chi connectivity index (χ4n) is 2.96. The number of rotatable bonds is 9. The maximum atomic E-state index is 12.4. The zero-order valence-corrected chi connectivity index (χ0v) is 16.8. The number of hydrogen-bond donors (Lipinski definition) is 1. The molecule has 3 rings (SSSR count). The maximum Gasteiger partial charge on any atom is 0.269 e. The van der Waals surface area contributed by atoms with Crippen LogP contribution in [0.25, 0.3) is 0 Å². The molecule has 1 aliphatic heterocycles. The number of sulfonamides is 1. The molecular formula is C20H22N2O6S. The highest BCUT2D eigenvalue weighted by Gasteiger charge is 2.40. The molecular weight excluding hydrogens is 396 g/mol. The van der Waals surface area contributed by atoms with Crippen molar-refractivity contribution in [2.24, 2.45) is 0 Å². The molecule has 0 saturated carbocycles. The summed E-state index contributed by atoms with van der Waals surface area (Å²) in [4.78, 5) is 24.3. The standard InChI is InChI=1S/C20H22N2O6S/c1-27-15-8-10-16(11-9-15)28-14-12-21-19(23)7-4-13-22-20(24)17-5-2-3-6-18(17)29(22,25)26/h2-3,5-6,8-11H,4,7,12-14H2,1H3,(H,21,23). The number of amides is 2. The first kappa shape index (κ1) is 20.7. The summed E-state index contributed by atoms with van der Waals surface area (Å²) in [6.07, 6.45) is 0.350. The van der Waals surface area contributed by atoms with Crippen LogP contribution in [0.1, 0.15) is 23.2 Å². The zero-order valence-electron chi connectivity index (χ0n) is 16.0. The molecule has 0 saturated heterocycles. The molecule has 9 heteroatoms. The van der Waals surface area contributed by atoms with E-state index in [9.17, 15) is 18.0 Å². The van der Waals surface area contributed by atoms with Crippen LogP contribution in [-0.2, 0) is 14.8 Å². The Bertz CT molecular complexity index is 988. The van der Waals surface area contributed by atoms with Crippen molar-refractivity contribution in [1.82, 2.24) is 9.62 Å². The smallest absolute Gasteiger partial charge is 0.269 e. The molecule has 8 nitrogen and oxygen atoms in total. The van der Waals surface area contributed by atoms with Crippen molar-refractivity contribution in [3.63, 3.8) is 0 Å². The number of hydrogen-bond acceptors (Lipinski definition) is 6. The van der Waals surface area contributed by atoms with Crippen LogP contribution in [0.3, 0.4) is 0 Å². The van der Waals surface area contributed by atoms with Crippen LogP contribution >= 0.6 is 0 Å². The molecule has 29 heavy (non-hydrogen) atoms. The largest absolute Gasteiger partial charge is 0.497 e. The van der Waals surface area contributed by atoms with Gasteiger partial charge in [0, 0.05) is 13.0 Å². The Balaban J connectivity index is 1.38. The third-order valence-electron chi connectivity index (χ3n) is 4.43. The summed E-state index contributed by atoms with van der Waals surface area (Å²) in [5, 5.41) is 2.71. The third kappa shape index (κ3) is 4.68. The molecule has 0 unspecified atom stereocenters. The van der Waals surface area contributed by atoms with E-state index in [1.54, 1.807) is 43.5 Å². The number of benzene rings is 2. The van der Waals surface area contributed by atoms with Gasteiger partial charge in [-0.3, -0.25) is 9.59 Å². The summed E-state index contributed by atoms with van der Waals surface area (Å²) in [6.45, 7) is 0.579. The highest BCUT2D eigenvalue weighted by molar-refractivity contribution is 7.90. The van der Waals surface area contributed by atoms with Gasteiger partial charge in [-0.2, -0.15) is 0 Å². The first-order valence-corrected chi connectivity index (χ1v) is 10.6. The lowest BCUT2D eigenvalue weighted by Crippen LogP contribution is -2.33. The number of carbonyl (C=O) groups is 2. The molecule has 1 N–H and O–H groups in total. The van der Waals surface area contributed by atoms with E-state index < -0.39 is 15.9 Å². The molecule has 0 fully saturated rings. The summed E-state index contributed by atoms with van der Waals surface area (Å²) in [5.41, 5.74) is 0.174. The van der Waals surface area contributed by atoms with Crippen molar-refractivity contribution in [3.05, 3.63) is 54.1 Å². The van der Waals surface area contributed by atoms with Gasteiger partial charge in [0.15, 0.2) is 0 Å². The Morgan fingerprint density at radius 1 is 1.07 bits per heavy atom. The minimum absolute atomic E-state index is 0.0186. The van der Waals surface area contributed by atoms with Crippen LogP contribution in [0.15, 0.2) is 53.4 Å². The van der Waals surface area contributed by atoms with Crippen LogP contribution in [0.4, 0.5) is 0 Å². The van der Waals surface area contributed by atoms with E-state index in [2.05, 4.69) is 5.32 Å². The Morgan fingerprint density at radius 3 is 2.45 bits per heavy atom. The number of ether oxygens (including phenoxy) is 2. The van der Waals surface area contributed by atoms with Gasteiger partial charge in [-0.1, -0.05) is 12.1 Å². The van der Waals surface area contributed by atoms with Crippen LogP contribution < -0.4 is 14.8 Å². The molecule has 0 spiro atoms. The second-order valence-electron chi connectivity index (χ2n) is 6.36. The SMILES string of the molecule is COc1ccc(OCCNC(=O)CCCN2C(=O)c3ccccc3S2(=O)=O)cc1. The molecule has 0 radical (unpaired) electrons. The van der Waals surface area contributed by atoms with Gasteiger partial charge in [-0.05, 0) is 42.8 Å². The van der Waals surface area contributed by atoms with Gasteiger partial charge in [0.2, 0.25) is 5.91 Å². The van der Waals surface area contributed by atoms with Crippen LogP contribution in [0, 0.1) is 0 Å². The molecule has 2 aromatic rings. The van der Waals surface area contributed by atoms with Crippen molar-refractivity contribution < 1.29 is 27.5 Å². The predicted octanol–water partition coefficient (Wildman–Crippen LogP) is 1.82. The molecule has 2 amide bonds. The Morgan fingerprint density at radius 2 is 1.76 bits per heavy atom. The quantitative estimate of drug-likeness (QED) is 0.623. The van der Waals surface area contributed by atoms with Gasteiger partial charge in [-0.25, -0.2) is 12.7 Å². The number of carbonyl (C=O) groups excluding carboxylic acids is 2. The Hall–Kier alpha value is -3.07. The minimum atomic E-state index is -3.83. The van der Waals surface area contributed by atoms with E-state index in [1.165, 1.54) is 12.1 Å². The third-order valence-corrected chi connectivity index (χ3v) is 6.27. The first-order chi connectivity index (χ1) is 13.9. The number of fused-ring (bicyclic) bond motifs is 1. The average Bonchev–Trinajstić information content (AvgIpc) is 2.92. The molecule has 0 bridgehead atoms. The van der Waals surface area contributed by atoms with Crippen molar-refractivity contribution >= 4 is 21.8 Å². The molecule has 2 aromatic carbocycles. The van der Waals surface area contributed by atoms with Crippen molar-refractivity contribution in [3.8, 4) is 11.5 Å². The summed E-state index contributed by atoms with van der Waals surface area (Å²) in [6, 6.07) is 13.2. The van der Waals surface area contributed by atoms with Gasteiger partial charge in [0.05, 0.1) is 19.2 Å². The van der Waals surface area contributed by atoms with E-state index in [1.807, 2.05) is 0 Å². The lowest BCUT2D eigenvalue weighted by molar-refractivity contribution is -0.121. The molecule has 1 aliphatic rings. The lowest BCUT2D eigenvalue weighted by Gasteiger charge is -2.14. The van der Waals surface area contributed by atoms with Gasteiger partial charge < -0.3 is 14.8 Å². The van der Waals surface area contributed by atoms with Crippen molar-refractivity contribution in [2.45, 2.75) is 17.7 Å². The monoisotopic (exact) mass is 418 g/mol. The van der Waals surface area contributed by atoms with Gasteiger partial charge in [0.25, 0.3) is 15.9 Å². The number of nitrogens with one attached hydrogen (secondary N) is 1. The summed E-state index contributed by atoms with van der Waals surface area (Å²) in [7, 11) is -2.24. The molecule has 0 aliphatic carbocycles. The van der Waals surface area contributed by atoms with Crippen molar-refractivity contribution in [2.75, 3.05) is 26.8 Å². The number of methoxy groups -OCH3 is 1. The van der Waals surface area contributed by atoms with E-state index in [0.29, 0.717) is 18.9 Å². The average molecular weight is 418 g/mol. The van der Waals surface area contributed by atoms with Crippen LogP contribution in [-0.4, -0.2) is 51.3 Å². The van der Waals surface area contributed by atoms with E-state index in [-0.39, 0.29) is 35.8 Å².